The first-order valence-corrected chi connectivity index (χ1v) is 4.64. The number of hydrogen-bond donors (Lipinski definition) is 1. The number of rotatable bonds is 3. The van der Waals surface area contributed by atoms with Crippen LogP contribution < -0.4 is 10.5 Å². The van der Waals surface area contributed by atoms with E-state index in [0.29, 0.717) is 11.7 Å². The predicted molar refractivity (Wildman–Crippen MR) is 55.2 cm³/mol. The molecular formula is C11H15NO2. The Labute approximate surface area is 83.9 Å². The Hall–Kier alpha value is -1.35. The molecule has 1 rings (SSSR count). The first kappa shape index (κ1) is 10.7. The molecule has 2 N–H and O–H groups in total. The molecule has 0 saturated carbocycles. The summed E-state index contributed by atoms with van der Waals surface area (Å²) in [6.45, 7) is 4.01. The molecule has 0 saturated heterocycles. The van der Waals surface area contributed by atoms with Gasteiger partial charge in [-0.1, -0.05) is 32.0 Å². The summed E-state index contributed by atoms with van der Waals surface area (Å²) in [5.41, 5.74) is 6.19. The standard InChI is InChI=1S/C11H15NO2/c1-8(2)9-5-3-4-6-10(9)14-11(13)7-12/h3-6,8H,7,12H2,1-2H3. The normalized spacial score (nSPS) is 10.3. The first-order valence-electron chi connectivity index (χ1n) is 4.64. The van der Waals surface area contributed by atoms with Crippen LogP contribution in [0.4, 0.5) is 0 Å². The molecule has 0 bridgehead atoms. The number of ether oxygens (including phenoxy) is 1. The molecule has 0 unspecified atom stereocenters. The molecule has 0 atom stereocenters. The third kappa shape index (κ3) is 2.57. The van der Waals surface area contributed by atoms with E-state index in [2.05, 4.69) is 13.8 Å². The molecule has 0 spiro atoms. The molecule has 14 heavy (non-hydrogen) atoms. The van der Waals surface area contributed by atoms with Crippen molar-refractivity contribution in [1.29, 1.82) is 0 Å². The zero-order valence-corrected chi connectivity index (χ0v) is 8.49. The first-order chi connectivity index (χ1) is 6.65. The van der Waals surface area contributed by atoms with Gasteiger partial charge in [-0.15, -0.1) is 0 Å². The summed E-state index contributed by atoms with van der Waals surface area (Å²) in [5.74, 6) is 0.535. The summed E-state index contributed by atoms with van der Waals surface area (Å²) in [7, 11) is 0. The van der Waals surface area contributed by atoms with Crippen molar-refractivity contribution in [2.24, 2.45) is 5.73 Å². The number of benzene rings is 1. The zero-order chi connectivity index (χ0) is 10.6. The third-order valence-corrected chi connectivity index (χ3v) is 1.93. The highest BCUT2D eigenvalue weighted by Crippen LogP contribution is 2.25. The fourth-order valence-corrected chi connectivity index (χ4v) is 1.21. The monoisotopic (exact) mass is 193 g/mol. The van der Waals surface area contributed by atoms with E-state index in [1.165, 1.54) is 0 Å². The van der Waals surface area contributed by atoms with Gasteiger partial charge >= 0.3 is 5.97 Å². The SMILES string of the molecule is CC(C)c1ccccc1OC(=O)CN. The zero-order valence-electron chi connectivity index (χ0n) is 8.49. The Balaban J connectivity index is 2.90. The van der Waals surface area contributed by atoms with E-state index in [-0.39, 0.29) is 6.54 Å². The molecule has 0 aliphatic rings. The molecule has 0 heterocycles. The molecule has 0 radical (unpaired) electrons. The lowest BCUT2D eigenvalue weighted by Crippen LogP contribution is -2.20. The fraction of sp³-hybridized carbons (Fsp3) is 0.364. The van der Waals surface area contributed by atoms with Gasteiger partial charge in [0.2, 0.25) is 0 Å². The quantitative estimate of drug-likeness (QED) is 0.587. The number of esters is 1. The Morgan fingerprint density at radius 2 is 2.07 bits per heavy atom. The van der Waals surface area contributed by atoms with Crippen molar-refractivity contribution in [3.05, 3.63) is 29.8 Å². The third-order valence-electron chi connectivity index (χ3n) is 1.93. The molecular weight excluding hydrogens is 178 g/mol. The maximum absolute atomic E-state index is 11.0. The van der Waals surface area contributed by atoms with Gasteiger partial charge in [0.05, 0.1) is 6.54 Å². The van der Waals surface area contributed by atoms with E-state index in [1.54, 1.807) is 6.07 Å². The van der Waals surface area contributed by atoms with Gasteiger partial charge in [0, 0.05) is 0 Å². The topological polar surface area (TPSA) is 52.3 Å². The van der Waals surface area contributed by atoms with Gasteiger partial charge in [-0.2, -0.15) is 0 Å². The Kier molecular flexibility index (Phi) is 3.65. The molecule has 0 aliphatic carbocycles. The number of carbonyl (C=O) groups is 1. The van der Waals surface area contributed by atoms with Crippen LogP contribution in [0.2, 0.25) is 0 Å². The second-order valence-corrected chi connectivity index (χ2v) is 3.37. The molecule has 3 nitrogen and oxygen atoms in total. The highest BCUT2D eigenvalue weighted by atomic mass is 16.5. The lowest BCUT2D eigenvalue weighted by Gasteiger charge is -2.11. The number of nitrogens with two attached hydrogens (primary N) is 1. The van der Waals surface area contributed by atoms with Crippen LogP contribution in [0.1, 0.15) is 25.3 Å². The Bertz CT molecular complexity index is 321. The average molecular weight is 193 g/mol. The highest BCUT2D eigenvalue weighted by Gasteiger charge is 2.09. The van der Waals surface area contributed by atoms with Crippen molar-refractivity contribution >= 4 is 5.97 Å². The van der Waals surface area contributed by atoms with Crippen LogP contribution in [0, 0.1) is 0 Å². The summed E-state index contributed by atoms with van der Waals surface area (Å²) in [6.07, 6.45) is 0. The number of carbonyl (C=O) groups excluding carboxylic acids is 1. The van der Waals surface area contributed by atoms with Gasteiger partial charge in [0.25, 0.3) is 0 Å². The van der Waals surface area contributed by atoms with Crippen molar-refractivity contribution < 1.29 is 9.53 Å². The van der Waals surface area contributed by atoms with Crippen LogP contribution in [0.3, 0.4) is 0 Å². The number of hydrogen-bond acceptors (Lipinski definition) is 3. The molecule has 1 aromatic carbocycles. The van der Waals surface area contributed by atoms with Crippen LogP contribution in [0.25, 0.3) is 0 Å². The van der Waals surface area contributed by atoms with E-state index in [1.807, 2.05) is 18.2 Å². The highest BCUT2D eigenvalue weighted by molar-refractivity contribution is 5.74. The average Bonchev–Trinajstić information content (AvgIpc) is 2.18. The van der Waals surface area contributed by atoms with E-state index in [4.69, 9.17) is 10.5 Å². The molecule has 0 amide bonds. The van der Waals surface area contributed by atoms with Crippen molar-refractivity contribution in [3.63, 3.8) is 0 Å². The van der Waals surface area contributed by atoms with Crippen molar-refractivity contribution in [2.75, 3.05) is 6.54 Å². The smallest absolute Gasteiger partial charge is 0.325 e. The largest absolute Gasteiger partial charge is 0.425 e. The maximum atomic E-state index is 11.0. The fourth-order valence-electron chi connectivity index (χ4n) is 1.21. The summed E-state index contributed by atoms with van der Waals surface area (Å²) >= 11 is 0. The molecule has 76 valence electrons. The minimum atomic E-state index is -0.405. The van der Waals surface area contributed by atoms with Crippen LogP contribution in [0.15, 0.2) is 24.3 Å². The lowest BCUT2D eigenvalue weighted by atomic mass is 10.0. The van der Waals surface area contributed by atoms with Crippen molar-refractivity contribution in [3.8, 4) is 5.75 Å². The Morgan fingerprint density at radius 1 is 1.43 bits per heavy atom. The van der Waals surface area contributed by atoms with Gasteiger partial charge in [-0.3, -0.25) is 4.79 Å². The van der Waals surface area contributed by atoms with E-state index < -0.39 is 5.97 Å². The number of para-hydroxylation sites is 1. The minimum absolute atomic E-state index is 0.0908. The summed E-state index contributed by atoms with van der Waals surface area (Å²) in [4.78, 5) is 11.0. The van der Waals surface area contributed by atoms with E-state index in [9.17, 15) is 4.79 Å². The maximum Gasteiger partial charge on any atom is 0.325 e. The molecule has 1 aromatic rings. The second-order valence-electron chi connectivity index (χ2n) is 3.37. The van der Waals surface area contributed by atoms with Crippen LogP contribution in [-0.4, -0.2) is 12.5 Å². The van der Waals surface area contributed by atoms with Gasteiger partial charge in [0.15, 0.2) is 0 Å². The summed E-state index contributed by atoms with van der Waals surface area (Å²) < 4.78 is 5.09. The molecule has 3 heteroatoms. The predicted octanol–water partition coefficient (Wildman–Crippen LogP) is 1.67. The molecule has 0 aliphatic heterocycles. The summed E-state index contributed by atoms with van der Waals surface area (Å²) in [6, 6.07) is 7.49. The second kappa shape index (κ2) is 4.77. The van der Waals surface area contributed by atoms with Crippen LogP contribution in [-0.2, 0) is 4.79 Å². The van der Waals surface area contributed by atoms with Crippen molar-refractivity contribution in [2.45, 2.75) is 19.8 Å². The summed E-state index contributed by atoms with van der Waals surface area (Å²) in [5, 5.41) is 0. The van der Waals surface area contributed by atoms with Gasteiger partial charge in [0.1, 0.15) is 5.75 Å². The lowest BCUT2D eigenvalue weighted by molar-refractivity contribution is -0.132. The Morgan fingerprint density at radius 3 is 2.64 bits per heavy atom. The molecule has 0 fully saturated rings. The molecule has 0 aromatic heterocycles. The van der Waals surface area contributed by atoms with Crippen LogP contribution >= 0.6 is 0 Å². The van der Waals surface area contributed by atoms with Gasteiger partial charge in [-0.05, 0) is 17.5 Å². The van der Waals surface area contributed by atoms with E-state index in [0.717, 1.165) is 5.56 Å². The van der Waals surface area contributed by atoms with Gasteiger partial charge in [-0.25, -0.2) is 0 Å². The van der Waals surface area contributed by atoms with E-state index >= 15 is 0 Å². The minimum Gasteiger partial charge on any atom is -0.425 e. The van der Waals surface area contributed by atoms with Gasteiger partial charge < -0.3 is 10.5 Å². The van der Waals surface area contributed by atoms with Crippen molar-refractivity contribution in [1.82, 2.24) is 0 Å². The van der Waals surface area contributed by atoms with Crippen LogP contribution in [0.5, 0.6) is 5.75 Å².